The van der Waals surface area contributed by atoms with Gasteiger partial charge in [0, 0.05) is 32.0 Å². The Morgan fingerprint density at radius 2 is 1.64 bits per heavy atom. The largest absolute Gasteiger partial charge is 0.497 e. The molecule has 4 heteroatoms. The van der Waals surface area contributed by atoms with Crippen molar-refractivity contribution in [2.75, 3.05) is 31.8 Å². The van der Waals surface area contributed by atoms with Crippen molar-refractivity contribution < 1.29 is 4.74 Å². The van der Waals surface area contributed by atoms with Crippen LogP contribution in [0.1, 0.15) is 13.8 Å². The molecule has 0 aliphatic heterocycles. The number of hydrogen-bond acceptors (Lipinski definition) is 4. The lowest BCUT2D eigenvalue weighted by atomic mass is 10.3. The third-order valence-electron chi connectivity index (χ3n) is 2.28. The summed E-state index contributed by atoms with van der Waals surface area (Å²) in [4.78, 5) is 3.99. The van der Waals surface area contributed by atoms with Crippen molar-refractivity contribution >= 4 is 11.5 Å². The number of rotatable bonds is 3. The lowest BCUT2D eigenvalue weighted by Crippen LogP contribution is -1.88. The van der Waals surface area contributed by atoms with Crippen molar-refractivity contribution in [3.63, 3.8) is 0 Å². The van der Waals surface area contributed by atoms with Crippen molar-refractivity contribution in [2.45, 2.75) is 13.8 Å². The molecule has 0 aliphatic rings. The normalized spacial score (nSPS) is 7.68. The van der Waals surface area contributed by atoms with Gasteiger partial charge in [-0.3, -0.25) is 0 Å². The van der Waals surface area contributed by atoms with Gasteiger partial charge in [0.15, 0.2) is 0 Å². The minimum absolute atomic E-state index is 0.881. The first-order valence-corrected chi connectivity index (χ1v) is 7.20. The van der Waals surface area contributed by atoms with Gasteiger partial charge in [-0.05, 0) is 24.3 Å². The summed E-state index contributed by atoms with van der Waals surface area (Å²) in [6.45, 7) is 10.0. The van der Waals surface area contributed by atoms with Crippen LogP contribution in [0.2, 0.25) is 0 Å². The summed E-state index contributed by atoms with van der Waals surface area (Å²) >= 11 is 0. The zero-order valence-corrected chi connectivity index (χ0v) is 14.4. The number of nitrogens with one attached hydrogen (secondary N) is 2. The first-order chi connectivity index (χ1) is 10.8. The fourth-order valence-corrected chi connectivity index (χ4v) is 1.29. The number of methoxy groups -OCH3 is 1. The Labute approximate surface area is 135 Å². The molecule has 4 nitrogen and oxygen atoms in total. The zero-order valence-electron chi connectivity index (χ0n) is 14.4. The summed E-state index contributed by atoms with van der Waals surface area (Å²) in [5.74, 6) is 1.79. The van der Waals surface area contributed by atoms with E-state index in [2.05, 4.69) is 28.8 Å². The Balaban J connectivity index is 0. The molecule has 2 N–H and O–H groups in total. The molecule has 0 spiro atoms. The molecule has 0 amide bonds. The summed E-state index contributed by atoms with van der Waals surface area (Å²) < 4.78 is 5.02. The topological polar surface area (TPSA) is 46.2 Å². The minimum atomic E-state index is 0.881. The number of hydrogen-bond donors (Lipinski definition) is 2. The van der Waals surface area contributed by atoms with Crippen molar-refractivity contribution in [3.8, 4) is 5.75 Å². The standard InChI is InChI=1S/C8H11NO.C6H8N2.C2H6.C2H4/c1-9-7-4-3-5-8(6-7)10-2;1-7-6-4-2-3-5-8-6;2*1-2/h3-6,9H,1-2H3;2-5H,1H3,(H,7,8);1-2H3;1-2H2. The molecule has 0 radical (unpaired) electrons. The Kier molecular flexibility index (Phi) is 16.4. The number of nitrogens with zero attached hydrogens (tertiary/aromatic N) is 1. The summed E-state index contributed by atoms with van der Waals surface area (Å²) in [6, 6.07) is 13.5. The lowest BCUT2D eigenvalue weighted by molar-refractivity contribution is 0.415. The first-order valence-electron chi connectivity index (χ1n) is 7.20. The number of anilines is 2. The van der Waals surface area contributed by atoms with E-state index in [0.717, 1.165) is 17.3 Å². The summed E-state index contributed by atoms with van der Waals surface area (Å²) in [6.07, 6.45) is 1.76. The molecule has 1 aromatic carbocycles. The highest BCUT2D eigenvalue weighted by Crippen LogP contribution is 2.15. The SMILES string of the molecule is C=C.CC.CNc1cccc(OC)c1.CNc1ccccn1. The van der Waals surface area contributed by atoms with Gasteiger partial charge in [0.2, 0.25) is 0 Å². The predicted octanol–water partition coefficient (Wildman–Crippen LogP) is 4.69. The molecule has 0 bridgehead atoms. The molecule has 0 saturated heterocycles. The van der Waals surface area contributed by atoms with E-state index in [1.165, 1.54) is 0 Å². The maximum Gasteiger partial charge on any atom is 0.125 e. The molecule has 2 aromatic rings. The molecule has 22 heavy (non-hydrogen) atoms. The van der Waals surface area contributed by atoms with Crippen LogP contribution in [0, 0.1) is 0 Å². The van der Waals surface area contributed by atoms with Crippen molar-refractivity contribution in [2.24, 2.45) is 0 Å². The van der Waals surface area contributed by atoms with E-state index in [9.17, 15) is 0 Å². The van der Waals surface area contributed by atoms with Crippen LogP contribution in [0.3, 0.4) is 0 Å². The van der Waals surface area contributed by atoms with Gasteiger partial charge in [-0.1, -0.05) is 26.0 Å². The van der Waals surface area contributed by atoms with Crippen LogP contribution < -0.4 is 15.4 Å². The monoisotopic (exact) mass is 303 g/mol. The van der Waals surface area contributed by atoms with Gasteiger partial charge >= 0.3 is 0 Å². The number of ether oxygens (including phenoxy) is 1. The predicted molar refractivity (Wildman–Crippen MR) is 98.9 cm³/mol. The molecule has 0 aliphatic carbocycles. The highest BCUT2D eigenvalue weighted by Gasteiger charge is 1.89. The van der Waals surface area contributed by atoms with E-state index in [-0.39, 0.29) is 0 Å². The highest BCUT2D eigenvalue weighted by molar-refractivity contribution is 5.47. The number of benzene rings is 1. The lowest BCUT2D eigenvalue weighted by Gasteiger charge is -2.01. The summed E-state index contributed by atoms with van der Waals surface area (Å²) in [7, 11) is 5.39. The van der Waals surface area contributed by atoms with Crippen molar-refractivity contribution in [1.29, 1.82) is 0 Å². The average Bonchev–Trinajstić information content (AvgIpc) is 2.66. The van der Waals surface area contributed by atoms with E-state index in [4.69, 9.17) is 4.74 Å². The van der Waals surface area contributed by atoms with Gasteiger partial charge in [-0.25, -0.2) is 4.98 Å². The minimum Gasteiger partial charge on any atom is -0.497 e. The number of pyridine rings is 1. The Bertz CT molecular complexity index is 442. The van der Waals surface area contributed by atoms with Gasteiger partial charge in [-0.15, -0.1) is 13.2 Å². The Morgan fingerprint density at radius 3 is 2.05 bits per heavy atom. The fourth-order valence-electron chi connectivity index (χ4n) is 1.29. The second-order valence-electron chi connectivity index (χ2n) is 3.45. The van der Waals surface area contributed by atoms with Gasteiger partial charge in [-0.2, -0.15) is 0 Å². The van der Waals surface area contributed by atoms with Crippen molar-refractivity contribution in [3.05, 3.63) is 61.8 Å². The maximum atomic E-state index is 5.02. The van der Waals surface area contributed by atoms with E-state index >= 15 is 0 Å². The molecule has 0 atom stereocenters. The van der Waals surface area contributed by atoms with E-state index in [1.807, 2.05) is 70.4 Å². The second kappa shape index (κ2) is 16.6. The van der Waals surface area contributed by atoms with Crippen LogP contribution in [0.4, 0.5) is 11.5 Å². The summed E-state index contributed by atoms with van der Waals surface area (Å²) in [5, 5.41) is 5.94. The maximum absolute atomic E-state index is 5.02. The fraction of sp³-hybridized carbons (Fsp3) is 0.278. The third-order valence-corrected chi connectivity index (χ3v) is 2.28. The first kappa shape index (κ1) is 21.8. The van der Waals surface area contributed by atoms with Gasteiger partial charge in [0.25, 0.3) is 0 Å². The molecule has 0 fully saturated rings. The third kappa shape index (κ3) is 10.3. The smallest absolute Gasteiger partial charge is 0.125 e. The molecule has 1 heterocycles. The second-order valence-corrected chi connectivity index (χ2v) is 3.45. The molecule has 0 saturated carbocycles. The quantitative estimate of drug-likeness (QED) is 0.808. The van der Waals surface area contributed by atoms with Crippen LogP contribution in [-0.4, -0.2) is 26.2 Å². The molecule has 2 rings (SSSR count). The zero-order chi connectivity index (χ0) is 17.2. The highest BCUT2D eigenvalue weighted by atomic mass is 16.5. The Hall–Kier alpha value is -2.49. The van der Waals surface area contributed by atoms with Gasteiger partial charge in [0.05, 0.1) is 7.11 Å². The van der Waals surface area contributed by atoms with Gasteiger partial charge < -0.3 is 15.4 Å². The molecular weight excluding hydrogens is 274 g/mol. The van der Waals surface area contributed by atoms with Crippen LogP contribution in [-0.2, 0) is 0 Å². The van der Waals surface area contributed by atoms with Crippen LogP contribution >= 0.6 is 0 Å². The van der Waals surface area contributed by atoms with Gasteiger partial charge in [0.1, 0.15) is 11.6 Å². The molecule has 122 valence electrons. The van der Waals surface area contributed by atoms with Crippen LogP contribution in [0.25, 0.3) is 0 Å². The summed E-state index contributed by atoms with van der Waals surface area (Å²) in [5.41, 5.74) is 1.07. The average molecular weight is 303 g/mol. The Morgan fingerprint density at radius 1 is 0.955 bits per heavy atom. The molecule has 0 unspecified atom stereocenters. The van der Waals surface area contributed by atoms with E-state index in [1.54, 1.807) is 13.3 Å². The van der Waals surface area contributed by atoms with Crippen LogP contribution in [0.5, 0.6) is 5.75 Å². The molecule has 1 aromatic heterocycles. The van der Waals surface area contributed by atoms with Crippen LogP contribution in [0.15, 0.2) is 61.8 Å². The molecular formula is C18H29N3O. The number of aromatic nitrogens is 1. The van der Waals surface area contributed by atoms with E-state index in [0.29, 0.717) is 0 Å². The van der Waals surface area contributed by atoms with Crippen molar-refractivity contribution in [1.82, 2.24) is 4.98 Å². The van der Waals surface area contributed by atoms with E-state index < -0.39 is 0 Å².